The minimum atomic E-state index is 1.05. The van der Waals surface area contributed by atoms with Crippen LogP contribution in [0.5, 0.6) is 0 Å². The molecular weight excluding hydrogens is 120 g/mol. The van der Waals surface area contributed by atoms with Gasteiger partial charge in [0.15, 0.2) is 0 Å². The minimum Gasteiger partial charge on any atom is -0.0620 e. The van der Waals surface area contributed by atoms with E-state index in [1.807, 2.05) is 0 Å². The summed E-state index contributed by atoms with van der Waals surface area (Å²) in [6.45, 7) is 4.88. The van der Waals surface area contributed by atoms with E-state index in [1.54, 1.807) is 0 Å². The maximum absolute atomic E-state index is 2.44. The Balaban J connectivity index is 2.00. The standard InChI is InChI=1S/C10H18/c1-7-8(2)10-6-4-3-5-9(7)10/h7-10H,3-6H2,1-2H3/t7?,8?,9-,10-/m0/s1. The van der Waals surface area contributed by atoms with Crippen LogP contribution in [0.15, 0.2) is 0 Å². The van der Waals surface area contributed by atoms with Gasteiger partial charge in [0.25, 0.3) is 0 Å². The van der Waals surface area contributed by atoms with Crippen LogP contribution in [0.3, 0.4) is 0 Å². The second kappa shape index (κ2) is 2.25. The van der Waals surface area contributed by atoms with Gasteiger partial charge in [-0.2, -0.15) is 0 Å². The van der Waals surface area contributed by atoms with E-state index in [0.717, 1.165) is 23.7 Å². The molecule has 2 aliphatic rings. The van der Waals surface area contributed by atoms with Gasteiger partial charge in [-0.25, -0.2) is 0 Å². The highest BCUT2D eigenvalue weighted by Crippen LogP contribution is 2.52. The molecule has 2 saturated carbocycles. The highest BCUT2D eigenvalue weighted by molar-refractivity contribution is 4.94. The molecule has 0 aromatic heterocycles. The second-order valence-corrected chi connectivity index (χ2v) is 4.33. The molecule has 2 unspecified atom stereocenters. The maximum Gasteiger partial charge on any atom is -0.0355 e. The summed E-state index contributed by atoms with van der Waals surface area (Å²) in [5.41, 5.74) is 0. The molecule has 0 nitrogen and oxygen atoms in total. The molecule has 2 fully saturated rings. The molecule has 0 bridgehead atoms. The predicted molar refractivity (Wildman–Crippen MR) is 43.8 cm³/mol. The van der Waals surface area contributed by atoms with Gasteiger partial charge in [0, 0.05) is 0 Å². The summed E-state index contributed by atoms with van der Waals surface area (Å²) in [6.07, 6.45) is 6.10. The predicted octanol–water partition coefficient (Wildman–Crippen LogP) is 3.08. The average Bonchev–Trinajstić information content (AvgIpc) is 2.03. The topological polar surface area (TPSA) is 0 Å². The monoisotopic (exact) mass is 138 g/mol. The Morgan fingerprint density at radius 2 is 1.20 bits per heavy atom. The number of hydrogen-bond acceptors (Lipinski definition) is 0. The largest absolute Gasteiger partial charge is 0.0620 e. The smallest absolute Gasteiger partial charge is 0.0355 e. The first-order chi connectivity index (χ1) is 4.80. The van der Waals surface area contributed by atoms with Crippen molar-refractivity contribution in [1.29, 1.82) is 0 Å². The summed E-state index contributed by atoms with van der Waals surface area (Å²) in [5.74, 6) is 4.35. The molecule has 0 spiro atoms. The van der Waals surface area contributed by atoms with Gasteiger partial charge >= 0.3 is 0 Å². The van der Waals surface area contributed by atoms with Gasteiger partial charge in [0.05, 0.1) is 0 Å². The molecule has 0 N–H and O–H groups in total. The van der Waals surface area contributed by atoms with Crippen molar-refractivity contribution in [2.24, 2.45) is 23.7 Å². The van der Waals surface area contributed by atoms with E-state index in [0.29, 0.717) is 0 Å². The van der Waals surface area contributed by atoms with Crippen LogP contribution in [-0.2, 0) is 0 Å². The molecule has 0 aliphatic heterocycles. The molecule has 0 aromatic carbocycles. The lowest BCUT2D eigenvalue weighted by atomic mass is 9.53. The fourth-order valence-corrected chi connectivity index (χ4v) is 3.13. The Bertz CT molecular complexity index is 112. The van der Waals surface area contributed by atoms with E-state index >= 15 is 0 Å². The Morgan fingerprint density at radius 3 is 1.60 bits per heavy atom. The minimum absolute atomic E-state index is 1.05. The molecule has 0 aromatic rings. The number of fused-ring (bicyclic) bond motifs is 1. The zero-order valence-corrected chi connectivity index (χ0v) is 7.14. The number of rotatable bonds is 0. The van der Waals surface area contributed by atoms with E-state index in [4.69, 9.17) is 0 Å². The van der Waals surface area contributed by atoms with Crippen LogP contribution >= 0.6 is 0 Å². The van der Waals surface area contributed by atoms with Crippen LogP contribution < -0.4 is 0 Å². The molecule has 2 aliphatic carbocycles. The summed E-state index contributed by atoms with van der Waals surface area (Å²) in [6, 6.07) is 0. The van der Waals surface area contributed by atoms with Gasteiger partial charge in [-0.3, -0.25) is 0 Å². The fraction of sp³-hybridized carbons (Fsp3) is 1.00. The van der Waals surface area contributed by atoms with Gasteiger partial charge < -0.3 is 0 Å². The van der Waals surface area contributed by atoms with Crippen LogP contribution in [0.1, 0.15) is 39.5 Å². The van der Waals surface area contributed by atoms with Gasteiger partial charge in [-0.15, -0.1) is 0 Å². The van der Waals surface area contributed by atoms with Gasteiger partial charge in [0.2, 0.25) is 0 Å². The van der Waals surface area contributed by atoms with E-state index in [2.05, 4.69) is 13.8 Å². The highest BCUT2D eigenvalue weighted by Gasteiger charge is 2.45. The summed E-state index contributed by atoms with van der Waals surface area (Å²) < 4.78 is 0. The first-order valence-corrected chi connectivity index (χ1v) is 4.80. The third kappa shape index (κ3) is 0.741. The second-order valence-electron chi connectivity index (χ2n) is 4.33. The van der Waals surface area contributed by atoms with Crippen molar-refractivity contribution in [3.05, 3.63) is 0 Å². The Kier molecular flexibility index (Phi) is 1.51. The van der Waals surface area contributed by atoms with Crippen molar-refractivity contribution in [1.82, 2.24) is 0 Å². The lowest BCUT2D eigenvalue weighted by Crippen LogP contribution is -2.45. The third-order valence-electron chi connectivity index (χ3n) is 4.05. The quantitative estimate of drug-likeness (QED) is 0.482. The first kappa shape index (κ1) is 6.69. The van der Waals surface area contributed by atoms with Crippen molar-refractivity contribution in [3.63, 3.8) is 0 Å². The Morgan fingerprint density at radius 1 is 0.800 bits per heavy atom. The molecule has 0 radical (unpaired) electrons. The summed E-state index contributed by atoms with van der Waals surface area (Å²) >= 11 is 0. The Hall–Kier alpha value is 0. The maximum atomic E-state index is 2.44. The van der Waals surface area contributed by atoms with Crippen LogP contribution in [0.4, 0.5) is 0 Å². The van der Waals surface area contributed by atoms with Crippen molar-refractivity contribution in [2.75, 3.05) is 0 Å². The molecule has 0 heterocycles. The molecule has 4 atom stereocenters. The van der Waals surface area contributed by atoms with Gasteiger partial charge in [-0.05, 0) is 36.5 Å². The van der Waals surface area contributed by atoms with Crippen molar-refractivity contribution in [2.45, 2.75) is 39.5 Å². The lowest BCUT2D eigenvalue weighted by molar-refractivity contribution is -0.0305. The van der Waals surface area contributed by atoms with Crippen molar-refractivity contribution < 1.29 is 0 Å². The fourth-order valence-electron chi connectivity index (χ4n) is 3.13. The van der Waals surface area contributed by atoms with E-state index in [9.17, 15) is 0 Å². The molecule has 10 heavy (non-hydrogen) atoms. The SMILES string of the molecule is CC1C(C)[C@@H]2CCCC[C@@H]12. The number of hydrogen-bond donors (Lipinski definition) is 0. The van der Waals surface area contributed by atoms with Crippen LogP contribution in [-0.4, -0.2) is 0 Å². The molecule has 0 heteroatoms. The summed E-state index contributed by atoms with van der Waals surface area (Å²) in [7, 11) is 0. The molecule has 0 saturated heterocycles. The molecule has 58 valence electrons. The highest BCUT2D eigenvalue weighted by atomic mass is 14.5. The van der Waals surface area contributed by atoms with Crippen molar-refractivity contribution in [3.8, 4) is 0 Å². The molecule has 0 amide bonds. The zero-order valence-electron chi connectivity index (χ0n) is 7.14. The van der Waals surface area contributed by atoms with E-state index in [1.165, 1.54) is 25.7 Å². The average molecular weight is 138 g/mol. The summed E-state index contributed by atoms with van der Waals surface area (Å²) in [5, 5.41) is 0. The van der Waals surface area contributed by atoms with Crippen molar-refractivity contribution >= 4 is 0 Å². The van der Waals surface area contributed by atoms with Crippen LogP contribution in [0.2, 0.25) is 0 Å². The van der Waals surface area contributed by atoms with E-state index < -0.39 is 0 Å². The Labute approximate surface area is 64.0 Å². The summed E-state index contributed by atoms with van der Waals surface area (Å²) in [4.78, 5) is 0. The van der Waals surface area contributed by atoms with E-state index in [-0.39, 0.29) is 0 Å². The van der Waals surface area contributed by atoms with Gasteiger partial charge in [-0.1, -0.05) is 26.7 Å². The lowest BCUT2D eigenvalue weighted by Gasteiger charge is -2.52. The van der Waals surface area contributed by atoms with Gasteiger partial charge in [0.1, 0.15) is 0 Å². The normalized spacial score (nSPS) is 53.4. The third-order valence-corrected chi connectivity index (χ3v) is 4.05. The van der Waals surface area contributed by atoms with Crippen LogP contribution in [0.25, 0.3) is 0 Å². The first-order valence-electron chi connectivity index (χ1n) is 4.80. The molecule has 2 rings (SSSR count). The zero-order chi connectivity index (χ0) is 7.14. The van der Waals surface area contributed by atoms with Crippen LogP contribution in [0, 0.1) is 23.7 Å². The molecular formula is C10H18.